The van der Waals surface area contributed by atoms with E-state index in [-0.39, 0.29) is 0 Å². The molecule has 4 rings (SSSR count). The van der Waals surface area contributed by atoms with Gasteiger partial charge in [-0.3, -0.25) is 0 Å². The molecule has 0 amide bonds. The summed E-state index contributed by atoms with van der Waals surface area (Å²) in [4.78, 5) is 4.62. The van der Waals surface area contributed by atoms with Gasteiger partial charge in [-0.25, -0.2) is 4.98 Å². The maximum Gasteiger partial charge on any atom is 0.168 e. The second-order valence-corrected chi connectivity index (χ2v) is 7.07. The minimum absolute atomic E-state index is 0.576. The zero-order chi connectivity index (χ0) is 18.6. The van der Waals surface area contributed by atoms with Crippen molar-refractivity contribution < 1.29 is 9.47 Å². The van der Waals surface area contributed by atoms with Crippen LogP contribution in [-0.4, -0.2) is 22.8 Å². The highest BCUT2D eigenvalue weighted by Gasteiger charge is 2.16. The molecule has 0 N–H and O–H groups in total. The molecule has 0 unspecified atom stereocenters. The van der Waals surface area contributed by atoms with Crippen LogP contribution in [-0.2, 0) is 12.3 Å². The Labute approximate surface area is 162 Å². The third-order valence-electron chi connectivity index (χ3n) is 4.40. The van der Waals surface area contributed by atoms with E-state index >= 15 is 0 Å². The van der Waals surface area contributed by atoms with Crippen molar-refractivity contribution in [1.29, 1.82) is 5.26 Å². The normalized spacial score (nSPS) is 12.6. The fourth-order valence-corrected chi connectivity index (χ4v) is 4.08. The number of rotatable bonds is 5. The fraction of sp³-hybridized carbons (Fsp3) is 0.238. The minimum Gasteiger partial charge on any atom is -0.486 e. The third kappa shape index (κ3) is 3.64. The first-order chi connectivity index (χ1) is 13.3. The molecule has 0 atom stereocenters. The number of hydrogen-bond acceptors (Lipinski definition) is 5. The van der Waals surface area contributed by atoms with Gasteiger partial charge in [0.15, 0.2) is 16.7 Å². The van der Waals surface area contributed by atoms with Gasteiger partial charge in [-0.15, -0.1) is 0 Å². The first kappa shape index (κ1) is 17.5. The smallest absolute Gasteiger partial charge is 0.168 e. The highest BCUT2D eigenvalue weighted by Crippen LogP contribution is 2.36. The molecule has 0 spiro atoms. The van der Waals surface area contributed by atoms with Crippen LogP contribution in [0.1, 0.15) is 18.1 Å². The average Bonchev–Trinajstić information content (AvgIpc) is 3.15. The molecule has 1 aliphatic heterocycles. The molecular weight excluding hydrogens is 358 g/mol. The van der Waals surface area contributed by atoms with E-state index in [0.717, 1.165) is 45.8 Å². The largest absolute Gasteiger partial charge is 0.486 e. The van der Waals surface area contributed by atoms with Gasteiger partial charge in [-0.1, -0.05) is 23.9 Å². The van der Waals surface area contributed by atoms with E-state index in [2.05, 4.69) is 22.5 Å². The molecule has 0 aliphatic carbocycles. The summed E-state index contributed by atoms with van der Waals surface area (Å²) in [6.45, 7) is 4.10. The van der Waals surface area contributed by atoms with E-state index in [9.17, 15) is 0 Å². The zero-order valence-corrected chi connectivity index (χ0v) is 15.8. The fourth-order valence-electron chi connectivity index (χ4n) is 3.09. The van der Waals surface area contributed by atoms with E-state index in [1.807, 2.05) is 48.7 Å². The van der Waals surface area contributed by atoms with Crippen LogP contribution in [0.15, 0.2) is 53.8 Å². The molecule has 136 valence electrons. The van der Waals surface area contributed by atoms with Gasteiger partial charge < -0.3 is 14.0 Å². The molecular formula is C21H19N3O2S. The molecule has 0 saturated heterocycles. The summed E-state index contributed by atoms with van der Waals surface area (Å²) in [6, 6.07) is 15.9. The second-order valence-electron chi connectivity index (χ2n) is 6.13. The number of nitrogens with zero attached hydrogens (tertiary/aromatic N) is 3. The van der Waals surface area contributed by atoms with Crippen LogP contribution in [0.25, 0.3) is 11.3 Å². The molecule has 3 aromatic rings. The first-order valence-corrected chi connectivity index (χ1v) is 9.84. The topological polar surface area (TPSA) is 60.1 Å². The van der Waals surface area contributed by atoms with Gasteiger partial charge in [0, 0.05) is 17.9 Å². The molecule has 1 aromatic heterocycles. The minimum atomic E-state index is 0.576. The highest BCUT2D eigenvalue weighted by molar-refractivity contribution is 7.98. The van der Waals surface area contributed by atoms with E-state index < -0.39 is 0 Å². The van der Waals surface area contributed by atoms with E-state index in [1.54, 1.807) is 11.8 Å². The Morgan fingerprint density at radius 1 is 1.15 bits per heavy atom. The lowest BCUT2D eigenvalue weighted by Gasteiger charge is -2.19. The van der Waals surface area contributed by atoms with Crippen LogP contribution in [0.4, 0.5) is 0 Å². The second kappa shape index (κ2) is 7.77. The maximum absolute atomic E-state index is 9.05. The Bertz CT molecular complexity index is 1010. The standard InChI is InChI=1S/C21H19N3O2S/c1-2-24-18(17-6-7-19-20(11-17)26-9-8-25-19)13-23-21(24)27-14-16-5-3-4-15(10-16)12-22/h3-7,10-11,13H,2,8-9,14H2,1H3. The van der Waals surface area contributed by atoms with Crippen LogP contribution >= 0.6 is 11.8 Å². The van der Waals surface area contributed by atoms with Crippen LogP contribution in [0.5, 0.6) is 11.5 Å². The van der Waals surface area contributed by atoms with Crippen LogP contribution < -0.4 is 9.47 Å². The summed E-state index contributed by atoms with van der Waals surface area (Å²) in [7, 11) is 0. The average molecular weight is 377 g/mol. The van der Waals surface area contributed by atoms with Gasteiger partial charge in [0.1, 0.15) is 13.2 Å². The van der Waals surface area contributed by atoms with Crippen LogP contribution in [0.3, 0.4) is 0 Å². The van der Waals surface area contributed by atoms with Crippen molar-refractivity contribution in [1.82, 2.24) is 9.55 Å². The molecule has 1 aliphatic rings. The van der Waals surface area contributed by atoms with Gasteiger partial charge >= 0.3 is 0 Å². The Kier molecular flexibility index (Phi) is 5.03. The first-order valence-electron chi connectivity index (χ1n) is 8.86. The third-order valence-corrected chi connectivity index (χ3v) is 5.46. The van der Waals surface area contributed by atoms with Gasteiger partial charge in [0.05, 0.1) is 23.5 Å². The van der Waals surface area contributed by atoms with E-state index in [1.165, 1.54) is 0 Å². The Balaban J connectivity index is 1.57. The van der Waals surface area contributed by atoms with Crippen LogP contribution in [0.2, 0.25) is 0 Å². The summed E-state index contributed by atoms with van der Waals surface area (Å²) in [5, 5.41) is 10.0. The summed E-state index contributed by atoms with van der Waals surface area (Å²) >= 11 is 1.67. The lowest BCUT2D eigenvalue weighted by Crippen LogP contribution is -2.15. The van der Waals surface area contributed by atoms with Gasteiger partial charge in [-0.2, -0.15) is 5.26 Å². The number of hydrogen-bond donors (Lipinski definition) is 0. The zero-order valence-electron chi connectivity index (χ0n) is 15.0. The molecule has 27 heavy (non-hydrogen) atoms. The molecule has 0 fully saturated rings. The van der Waals surface area contributed by atoms with Gasteiger partial charge in [0.25, 0.3) is 0 Å². The summed E-state index contributed by atoms with van der Waals surface area (Å²) < 4.78 is 13.5. The molecule has 0 bridgehead atoms. The van der Waals surface area contributed by atoms with Crippen molar-refractivity contribution in [3.8, 4) is 28.8 Å². The molecule has 0 saturated carbocycles. The number of ether oxygens (including phenoxy) is 2. The van der Waals surface area contributed by atoms with Crippen LogP contribution in [0, 0.1) is 11.3 Å². The van der Waals surface area contributed by atoms with Crippen molar-refractivity contribution in [3.63, 3.8) is 0 Å². The van der Waals surface area contributed by atoms with E-state index in [0.29, 0.717) is 18.8 Å². The summed E-state index contributed by atoms with van der Waals surface area (Å²) in [6.07, 6.45) is 1.91. The van der Waals surface area contributed by atoms with Crippen molar-refractivity contribution in [2.24, 2.45) is 0 Å². The number of thioether (sulfide) groups is 1. The van der Waals surface area contributed by atoms with E-state index in [4.69, 9.17) is 14.7 Å². The molecule has 5 nitrogen and oxygen atoms in total. The Morgan fingerprint density at radius 2 is 2.00 bits per heavy atom. The Morgan fingerprint density at radius 3 is 2.81 bits per heavy atom. The number of fused-ring (bicyclic) bond motifs is 1. The highest BCUT2D eigenvalue weighted by atomic mass is 32.2. The molecule has 0 radical (unpaired) electrons. The molecule has 2 aromatic carbocycles. The summed E-state index contributed by atoms with van der Waals surface area (Å²) in [5.74, 6) is 2.34. The van der Waals surface area contributed by atoms with Crippen molar-refractivity contribution in [3.05, 3.63) is 59.8 Å². The van der Waals surface area contributed by atoms with Gasteiger partial charge in [0.2, 0.25) is 0 Å². The Hall–Kier alpha value is -2.91. The lowest BCUT2D eigenvalue weighted by molar-refractivity contribution is 0.171. The molecule has 6 heteroatoms. The number of imidazole rings is 1. The number of aromatic nitrogens is 2. The quantitative estimate of drug-likeness (QED) is 0.613. The van der Waals surface area contributed by atoms with Crippen molar-refractivity contribution in [2.75, 3.05) is 13.2 Å². The lowest BCUT2D eigenvalue weighted by atomic mass is 10.1. The SMILES string of the molecule is CCn1c(-c2ccc3c(c2)OCCO3)cnc1SCc1cccc(C#N)c1. The monoisotopic (exact) mass is 377 g/mol. The van der Waals surface area contributed by atoms with Crippen molar-refractivity contribution in [2.45, 2.75) is 24.4 Å². The summed E-state index contributed by atoms with van der Waals surface area (Å²) in [5.41, 5.74) is 3.92. The predicted octanol–water partition coefficient (Wildman–Crippen LogP) is 4.51. The van der Waals surface area contributed by atoms with Crippen molar-refractivity contribution >= 4 is 11.8 Å². The van der Waals surface area contributed by atoms with Gasteiger partial charge in [-0.05, 0) is 42.8 Å². The number of benzene rings is 2. The predicted molar refractivity (Wildman–Crippen MR) is 105 cm³/mol. The molecule has 2 heterocycles. The number of nitriles is 1. The maximum atomic E-state index is 9.05.